The molecule has 24 heavy (non-hydrogen) atoms. The highest BCUT2D eigenvalue weighted by Crippen LogP contribution is 2.26. The number of aryl methyl sites for hydroxylation is 1. The van der Waals surface area contributed by atoms with Crippen molar-refractivity contribution >= 4 is 0 Å². The van der Waals surface area contributed by atoms with Gasteiger partial charge in [-0.1, -0.05) is 30.3 Å². The first-order valence-corrected chi connectivity index (χ1v) is 8.95. The molecule has 0 saturated carbocycles. The Bertz CT molecular complexity index is 618. The Labute approximate surface area is 145 Å². The lowest BCUT2D eigenvalue weighted by atomic mass is 9.90. The van der Waals surface area contributed by atoms with E-state index < -0.39 is 0 Å². The van der Waals surface area contributed by atoms with Crippen LogP contribution in [0.4, 0.5) is 0 Å². The van der Waals surface area contributed by atoms with Gasteiger partial charge in [0, 0.05) is 6.42 Å². The number of benzene rings is 2. The largest absolute Gasteiger partial charge is 0.493 e. The fourth-order valence-electron chi connectivity index (χ4n) is 3.14. The fraction of sp³-hybridized carbons (Fsp3) is 0.429. The van der Waals surface area contributed by atoms with Crippen LogP contribution in [0.3, 0.4) is 0 Å². The highest BCUT2D eigenvalue weighted by Gasteiger charge is 2.14. The lowest BCUT2D eigenvalue weighted by Crippen LogP contribution is -2.26. The zero-order valence-electron chi connectivity index (χ0n) is 14.5. The minimum absolute atomic E-state index is 0.679. The van der Waals surface area contributed by atoms with Crippen LogP contribution >= 0.6 is 0 Å². The van der Waals surface area contributed by atoms with Gasteiger partial charge in [0.05, 0.1) is 13.2 Å². The molecule has 1 N–H and O–H groups in total. The predicted octanol–water partition coefficient (Wildman–Crippen LogP) is 4.31. The van der Waals surface area contributed by atoms with E-state index >= 15 is 0 Å². The molecular formula is C21H27NO2. The third kappa shape index (κ3) is 4.75. The lowest BCUT2D eigenvalue weighted by molar-refractivity contribution is 0.246. The number of para-hydroxylation sites is 1. The Hall–Kier alpha value is -2.00. The van der Waals surface area contributed by atoms with E-state index in [4.69, 9.17) is 9.47 Å². The molecular weight excluding hydrogens is 298 g/mol. The van der Waals surface area contributed by atoms with E-state index in [0.717, 1.165) is 31.0 Å². The van der Waals surface area contributed by atoms with E-state index in [-0.39, 0.29) is 0 Å². The van der Waals surface area contributed by atoms with Crippen molar-refractivity contribution in [1.29, 1.82) is 0 Å². The van der Waals surface area contributed by atoms with Gasteiger partial charge in [-0.15, -0.1) is 0 Å². The van der Waals surface area contributed by atoms with E-state index in [9.17, 15) is 0 Å². The van der Waals surface area contributed by atoms with Crippen molar-refractivity contribution in [2.45, 2.75) is 32.1 Å². The molecule has 3 heteroatoms. The van der Waals surface area contributed by atoms with Crippen LogP contribution in [0.5, 0.6) is 11.5 Å². The Balaban J connectivity index is 1.38. The van der Waals surface area contributed by atoms with Gasteiger partial charge >= 0.3 is 0 Å². The lowest BCUT2D eigenvalue weighted by Gasteiger charge is -2.23. The van der Waals surface area contributed by atoms with Crippen molar-refractivity contribution in [3.8, 4) is 11.5 Å². The maximum atomic E-state index is 5.82. The standard InChI is InChI=1S/C21H27NO2/c1-17-5-2-3-6-21(17)24-16-4-15-23-20-9-7-18(8-10-20)19-11-13-22-14-12-19/h2-3,5-10,19,22H,4,11-16H2,1H3. The highest BCUT2D eigenvalue weighted by atomic mass is 16.5. The molecule has 1 aliphatic rings. The minimum atomic E-state index is 0.679. The van der Waals surface area contributed by atoms with Crippen LogP contribution in [0, 0.1) is 6.92 Å². The van der Waals surface area contributed by atoms with E-state index in [1.165, 1.54) is 24.0 Å². The first-order chi connectivity index (χ1) is 11.8. The normalized spacial score (nSPS) is 15.2. The third-order valence-electron chi connectivity index (χ3n) is 4.60. The van der Waals surface area contributed by atoms with Gasteiger partial charge in [0.15, 0.2) is 0 Å². The second-order valence-corrected chi connectivity index (χ2v) is 6.41. The van der Waals surface area contributed by atoms with Crippen LogP contribution in [0.25, 0.3) is 0 Å². The first-order valence-electron chi connectivity index (χ1n) is 8.95. The Morgan fingerprint density at radius 2 is 1.62 bits per heavy atom. The summed E-state index contributed by atoms with van der Waals surface area (Å²) < 4.78 is 11.6. The molecule has 0 atom stereocenters. The molecule has 3 rings (SSSR count). The van der Waals surface area contributed by atoms with Crippen LogP contribution in [-0.2, 0) is 0 Å². The summed E-state index contributed by atoms with van der Waals surface area (Å²) in [5.74, 6) is 2.61. The molecule has 0 aliphatic carbocycles. The second kappa shape index (κ2) is 8.74. The molecule has 1 aliphatic heterocycles. The molecule has 1 fully saturated rings. The van der Waals surface area contributed by atoms with Crippen LogP contribution in [-0.4, -0.2) is 26.3 Å². The average molecular weight is 325 g/mol. The van der Waals surface area contributed by atoms with E-state index in [1.54, 1.807) is 0 Å². The van der Waals surface area contributed by atoms with Crippen molar-refractivity contribution in [2.75, 3.05) is 26.3 Å². The van der Waals surface area contributed by atoms with Gasteiger partial charge in [0.1, 0.15) is 11.5 Å². The summed E-state index contributed by atoms with van der Waals surface area (Å²) in [6, 6.07) is 16.7. The summed E-state index contributed by atoms with van der Waals surface area (Å²) in [5, 5.41) is 3.41. The minimum Gasteiger partial charge on any atom is -0.493 e. The van der Waals surface area contributed by atoms with Crippen molar-refractivity contribution in [3.05, 3.63) is 59.7 Å². The van der Waals surface area contributed by atoms with Gasteiger partial charge in [-0.2, -0.15) is 0 Å². The number of piperidine rings is 1. The van der Waals surface area contributed by atoms with Crippen LogP contribution in [0.15, 0.2) is 48.5 Å². The molecule has 1 saturated heterocycles. The van der Waals surface area contributed by atoms with Crippen molar-refractivity contribution in [3.63, 3.8) is 0 Å². The van der Waals surface area contributed by atoms with E-state index in [0.29, 0.717) is 19.1 Å². The van der Waals surface area contributed by atoms with Crippen LogP contribution < -0.4 is 14.8 Å². The van der Waals surface area contributed by atoms with Gasteiger partial charge in [-0.05, 0) is 68.1 Å². The molecule has 1 heterocycles. The monoisotopic (exact) mass is 325 g/mol. The zero-order valence-corrected chi connectivity index (χ0v) is 14.5. The molecule has 3 nitrogen and oxygen atoms in total. The fourth-order valence-corrected chi connectivity index (χ4v) is 3.14. The molecule has 0 amide bonds. The second-order valence-electron chi connectivity index (χ2n) is 6.41. The van der Waals surface area contributed by atoms with Crippen molar-refractivity contribution in [2.24, 2.45) is 0 Å². The molecule has 128 valence electrons. The number of hydrogen-bond donors (Lipinski definition) is 1. The smallest absolute Gasteiger partial charge is 0.122 e. The maximum absolute atomic E-state index is 5.82. The maximum Gasteiger partial charge on any atom is 0.122 e. The Kier molecular flexibility index (Phi) is 6.13. The Morgan fingerprint density at radius 3 is 2.38 bits per heavy atom. The van der Waals surface area contributed by atoms with Crippen molar-refractivity contribution in [1.82, 2.24) is 5.32 Å². The summed E-state index contributed by atoms with van der Waals surface area (Å²) in [5.41, 5.74) is 2.61. The number of hydrogen-bond acceptors (Lipinski definition) is 3. The summed E-state index contributed by atoms with van der Waals surface area (Å²) in [6.07, 6.45) is 3.34. The van der Waals surface area contributed by atoms with Gasteiger partial charge < -0.3 is 14.8 Å². The first kappa shape index (κ1) is 16.8. The summed E-state index contributed by atoms with van der Waals surface area (Å²) in [6.45, 7) is 5.68. The van der Waals surface area contributed by atoms with Crippen LogP contribution in [0.2, 0.25) is 0 Å². The van der Waals surface area contributed by atoms with E-state index in [1.807, 2.05) is 18.2 Å². The third-order valence-corrected chi connectivity index (χ3v) is 4.60. The molecule has 0 unspecified atom stereocenters. The van der Waals surface area contributed by atoms with Crippen molar-refractivity contribution < 1.29 is 9.47 Å². The zero-order chi connectivity index (χ0) is 16.6. The number of ether oxygens (including phenoxy) is 2. The molecule has 0 spiro atoms. The number of nitrogens with one attached hydrogen (secondary N) is 1. The topological polar surface area (TPSA) is 30.5 Å². The number of rotatable bonds is 7. The van der Waals surface area contributed by atoms with Gasteiger partial charge in [0.25, 0.3) is 0 Å². The van der Waals surface area contributed by atoms with Crippen LogP contribution in [0.1, 0.15) is 36.3 Å². The SMILES string of the molecule is Cc1ccccc1OCCCOc1ccc(C2CCNCC2)cc1. The summed E-state index contributed by atoms with van der Waals surface area (Å²) >= 11 is 0. The van der Waals surface area contributed by atoms with Gasteiger partial charge in [0.2, 0.25) is 0 Å². The predicted molar refractivity (Wildman–Crippen MR) is 98.1 cm³/mol. The molecule has 0 radical (unpaired) electrons. The van der Waals surface area contributed by atoms with Gasteiger partial charge in [-0.25, -0.2) is 0 Å². The summed E-state index contributed by atoms with van der Waals surface area (Å²) in [4.78, 5) is 0. The Morgan fingerprint density at radius 1 is 0.917 bits per heavy atom. The van der Waals surface area contributed by atoms with E-state index in [2.05, 4.69) is 42.6 Å². The quantitative estimate of drug-likeness (QED) is 0.770. The highest BCUT2D eigenvalue weighted by molar-refractivity contribution is 5.32. The van der Waals surface area contributed by atoms with Gasteiger partial charge in [-0.3, -0.25) is 0 Å². The molecule has 0 aromatic heterocycles. The molecule has 0 bridgehead atoms. The summed E-state index contributed by atoms with van der Waals surface area (Å²) in [7, 11) is 0. The molecule has 2 aromatic carbocycles. The average Bonchev–Trinajstić information content (AvgIpc) is 2.64. The molecule has 2 aromatic rings.